The first kappa shape index (κ1) is 15.6. The van der Waals surface area contributed by atoms with Gasteiger partial charge in [0.2, 0.25) is 4.77 Å². The predicted octanol–water partition coefficient (Wildman–Crippen LogP) is 4.27. The molecule has 0 aliphatic carbocycles. The highest BCUT2D eigenvalue weighted by Gasteiger charge is 2.08. The number of rotatable bonds is 3. The van der Waals surface area contributed by atoms with Gasteiger partial charge in [-0.15, -0.1) is 0 Å². The quantitative estimate of drug-likeness (QED) is 0.520. The Labute approximate surface area is 146 Å². The zero-order valence-corrected chi connectivity index (χ0v) is 14.6. The van der Waals surface area contributed by atoms with Crippen LogP contribution in [0.4, 0.5) is 0 Å². The van der Waals surface area contributed by atoms with Crippen LogP contribution in [0.1, 0.15) is 11.1 Å². The van der Waals surface area contributed by atoms with E-state index < -0.39 is 0 Å². The lowest BCUT2D eigenvalue weighted by atomic mass is 10.1. The summed E-state index contributed by atoms with van der Waals surface area (Å²) < 4.78 is 2.77. The van der Waals surface area contributed by atoms with Gasteiger partial charge in [-0.2, -0.15) is 14.9 Å². The van der Waals surface area contributed by atoms with Gasteiger partial charge in [-0.3, -0.25) is 0 Å². The van der Waals surface area contributed by atoms with Crippen molar-refractivity contribution in [1.82, 2.24) is 14.9 Å². The highest BCUT2D eigenvalue weighted by Crippen LogP contribution is 2.21. The van der Waals surface area contributed by atoms with Crippen LogP contribution in [0.5, 0.6) is 5.75 Å². The van der Waals surface area contributed by atoms with E-state index in [1.165, 1.54) is 4.68 Å². The fourth-order valence-corrected chi connectivity index (χ4v) is 2.68. The average Bonchev–Trinajstić information content (AvgIpc) is 2.89. The minimum absolute atomic E-state index is 0.143. The van der Waals surface area contributed by atoms with Gasteiger partial charge in [-0.05, 0) is 43.4 Å². The van der Waals surface area contributed by atoms with Gasteiger partial charge in [0.15, 0.2) is 5.82 Å². The molecule has 23 heavy (non-hydrogen) atoms. The van der Waals surface area contributed by atoms with Gasteiger partial charge < -0.3 is 5.11 Å². The van der Waals surface area contributed by atoms with Crippen molar-refractivity contribution in [3.8, 4) is 17.1 Å². The number of hydrogen-bond acceptors (Lipinski definition) is 4. The summed E-state index contributed by atoms with van der Waals surface area (Å²) in [5.74, 6) is 0.758. The number of aromatic nitrogens is 3. The highest BCUT2D eigenvalue weighted by atomic mass is 79.9. The fourth-order valence-electron chi connectivity index (χ4n) is 2.12. The number of phenolic OH excluding ortho intramolecular Hbond substituents is 1. The zero-order chi connectivity index (χ0) is 16.4. The molecule has 0 amide bonds. The summed E-state index contributed by atoms with van der Waals surface area (Å²) in [5.41, 5.74) is 2.61. The minimum Gasteiger partial charge on any atom is -0.507 e. The second kappa shape index (κ2) is 6.47. The van der Waals surface area contributed by atoms with E-state index in [4.69, 9.17) is 12.2 Å². The molecular weight excluding hydrogens is 376 g/mol. The lowest BCUT2D eigenvalue weighted by Crippen LogP contribution is -1.95. The van der Waals surface area contributed by atoms with Crippen molar-refractivity contribution in [3.05, 3.63) is 62.8 Å². The van der Waals surface area contributed by atoms with Crippen LogP contribution in [0, 0.1) is 11.7 Å². The number of hydrogen-bond donors (Lipinski definition) is 2. The topological polar surface area (TPSA) is 66.2 Å². The monoisotopic (exact) mass is 388 g/mol. The SMILES string of the molecule is Cc1cccc(-c2n[nH]c(=S)n2/N=C\c2cc(Br)ccc2O)c1. The molecule has 0 saturated carbocycles. The molecule has 0 aliphatic heterocycles. The maximum Gasteiger partial charge on any atom is 0.216 e. The third-order valence-electron chi connectivity index (χ3n) is 3.23. The predicted molar refractivity (Wildman–Crippen MR) is 96.4 cm³/mol. The van der Waals surface area contributed by atoms with Crippen LogP contribution in [-0.2, 0) is 0 Å². The smallest absolute Gasteiger partial charge is 0.216 e. The van der Waals surface area contributed by atoms with Crippen LogP contribution >= 0.6 is 28.1 Å². The third-order valence-corrected chi connectivity index (χ3v) is 3.99. The van der Waals surface area contributed by atoms with Gasteiger partial charge in [0.1, 0.15) is 5.75 Å². The van der Waals surface area contributed by atoms with E-state index in [-0.39, 0.29) is 5.75 Å². The lowest BCUT2D eigenvalue weighted by molar-refractivity contribution is 0.474. The highest BCUT2D eigenvalue weighted by molar-refractivity contribution is 9.10. The van der Waals surface area contributed by atoms with Gasteiger partial charge >= 0.3 is 0 Å². The van der Waals surface area contributed by atoms with Gasteiger partial charge in [0.05, 0.1) is 6.21 Å². The molecule has 7 heteroatoms. The normalized spacial score (nSPS) is 11.2. The summed E-state index contributed by atoms with van der Waals surface area (Å²) in [5, 5.41) is 21.2. The van der Waals surface area contributed by atoms with Crippen molar-refractivity contribution in [2.75, 3.05) is 0 Å². The lowest BCUT2D eigenvalue weighted by Gasteiger charge is -2.03. The summed E-state index contributed by atoms with van der Waals surface area (Å²) in [7, 11) is 0. The molecule has 0 atom stereocenters. The average molecular weight is 389 g/mol. The Hall–Kier alpha value is -2.25. The molecule has 0 unspecified atom stereocenters. The Balaban J connectivity index is 2.04. The molecule has 0 radical (unpaired) electrons. The molecule has 1 heterocycles. The Morgan fingerprint density at radius 3 is 2.91 bits per heavy atom. The molecule has 2 N–H and O–H groups in total. The molecule has 2 aromatic carbocycles. The molecule has 0 bridgehead atoms. The molecule has 0 saturated heterocycles. The zero-order valence-electron chi connectivity index (χ0n) is 12.2. The van der Waals surface area contributed by atoms with Crippen LogP contribution in [0.15, 0.2) is 52.0 Å². The summed E-state index contributed by atoms with van der Waals surface area (Å²) in [4.78, 5) is 0. The van der Waals surface area contributed by atoms with Crippen molar-refractivity contribution in [2.45, 2.75) is 6.92 Å². The molecule has 116 valence electrons. The van der Waals surface area contributed by atoms with E-state index >= 15 is 0 Å². The van der Waals surface area contributed by atoms with E-state index in [1.807, 2.05) is 31.2 Å². The third kappa shape index (κ3) is 3.40. The fraction of sp³-hybridized carbons (Fsp3) is 0.0625. The van der Waals surface area contributed by atoms with Crippen LogP contribution in [0.25, 0.3) is 11.4 Å². The van der Waals surface area contributed by atoms with Crippen LogP contribution < -0.4 is 0 Å². The minimum atomic E-state index is 0.143. The second-order valence-electron chi connectivity index (χ2n) is 4.98. The number of nitrogens with zero attached hydrogens (tertiary/aromatic N) is 3. The number of aryl methyl sites for hydroxylation is 1. The molecule has 3 aromatic rings. The first-order chi connectivity index (χ1) is 11.0. The number of benzene rings is 2. The summed E-state index contributed by atoms with van der Waals surface area (Å²) in [6, 6.07) is 13.0. The molecule has 0 spiro atoms. The number of nitrogens with one attached hydrogen (secondary N) is 1. The number of aromatic hydroxyl groups is 1. The van der Waals surface area contributed by atoms with E-state index in [9.17, 15) is 5.11 Å². The van der Waals surface area contributed by atoms with E-state index in [0.29, 0.717) is 16.2 Å². The molecule has 0 aliphatic rings. The standard InChI is InChI=1S/C16H13BrN4OS/c1-10-3-2-4-11(7-10)15-19-20-16(23)21(15)18-9-12-8-13(17)5-6-14(12)22/h2-9,22H,1H3,(H,20,23)/b18-9-. The number of halogens is 1. The summed E-state index contributed by atoms with van der Waals surface area (Å²) >= 11 is 8.61. The largest absolute Gasteiger partial charge is 0.507 e. The Morgan fingerprint density at radius 1 is 1.30 bits per heavy atom. The first-order valence-corrected chi connectivity index (χ1v) is 8.02. The maximum absolute atomic E-state index is 9.88. The summed E-state index contributed by atoms with van der Waals surface area (Å²) in [6.07, 6.45) is 1.55. The van der Waals surface area contributed by atoms with E-state index in [2.05, 4.69) is 31.2 Å². The van der Waals surface area contributed by atoms with Crippen molar-refractivity contribution in [1.29, 1.82) is 0 Å². The van der Waals surface area contributed by atoms with Crippen LogP contribution in [-0.4, -0.2) is 26.2 Å². The van der Waals surface area contributed by atoms with Gasteiger partial charge in [-0.1, -0.05) is 39.7 Å². The number of phenols is 1. The van der Waals surface area contributed by atoms with Crippen molar-refractivity contribution >= 4 is 34.4 Å². The second-order valence-corrected chi connectivity index (χ2v) is 6.28. The number of H-pyrrole nitrogens is 1. The van der Waals surface area contributed by atoms with Gasteiger partial charge in [0.25, 0.3) is 0 Å². The number of aromatic amines is 1. The first-order valence-electron chi connectivity index (χ1n) is 6.82. The van der Waals surface area contributed by atoms with E-state index in [0.717, 1.165) is 15.6 Å². The Bertz CT molecular complexity index is 945. The molecule has 3 rings (SSSR count). The summed E-state index contributed by atoms with van der Waals surface area (Å²) in [6.45, 7) is 2.01. The van der Waals surface area contributed by atoms with Gasteiger partial charge in [0, 0.05) is 15.6 Å². The van der Waals surface area contributed by atoms with E-state index in [1.54, 1.807) is 24.4 Å². The van der Waals surface area contributed by atoms with Crippen molar-refractivity contribution < 1.29 is 5.11 Å². The maximum atomic E-state index is 9.88. The Morgan fingerprint density at radius 2 is 2.13 bits per heavy atom. The van der Waals surface area contributed by atoms with Crippen LogP contribution in [0.2, 0.25) is 0 Å². The van der Waals surface area contributed by atoms with Crippen molar-refractivity contribution in [3.63, 3.8) is 0 Å². The van der Waals surface area contributed by atoms with Gasteiger partial charge in [-0.25, -0.2) is 5.10 Å². The molecule has 5 nitrogen and oxygen atoms in total. The van der Waals surface area contributed by atoms with Crippen LogP contribution in [0.3, 0.4) is 0 Å². The molecule has 0 fully saturated rings. The Kier molecular flexibility index (Phi) is 4.40. The van der Waals surface area contributed by atoms with Crippen molar-refractivity contribution in [2.24, 2.45) is 5.10 Å². The molecular formula is C16H13BrN4OS. The molecule has 1 aromatic heterocycles.